The molecule has 1 heteroatoms. The van der Waals surface area contributed by atoms with Gasteiger partial charge in [-0.05, 0) is 18.8 Å². The molecule has 0 amide bonds. The molecule has 1 rings (SSSR count). The number of carbonyl (C=O) groups excluding carboxylic acids is 1. The number of rotatable bonds is 7. The summed E-state index contributed by atoms with van der Waals surface area (Å²) in [4.78, 5) is 12.4. The van der Waals surface area contributed by atoms with E-state index in [9.17, 15) is 4.79 Å². The molecule has 1 unspecified atom stereocenters. The van der Waals surface area contributed by atoms with E-state index in [1.54, 1.807) is 0 Å². The average Bonchev–Trinajstić information content (AvgIpc) is 2.34. The molecule has 0 heterocycles. The Kier molecular flexibility index (Phi) is 5.96. The minimum atomic E-state index is 0.206. The van der Waals surface area contributed by atoms with Gasteiger partial charge in [0, 0.05) is 11.5 Å². The van der Waals surface area contributed by atoms with Crippen LogP contribution in [0.2, 0.25) is 0 Å². The zero-order chi connectivity index (χ0) is 12.7. The van der Waals surface area contributed by atoms with E-state index in [0.717, 1.165) is 31.2 Å². The van der Waals surface area contributed by atoms with Gasteiger partial charge in [-0.3, -0.25) is 4.79 Å². The predicted octanol–water partition coefficient (Wildman–Crippen LogP) is 4.72. The Bertz CT molecular complexity index is 327. The second-order valence-corrected chi connectivity index (χ2v) is 5.20. The Morgan fingerprint density at radius 2 is 1.82 bits per heavy atom. The molecular weight excluding hydrogens is 208 g/mol. The van der Waals surface area contributed by atoms with Gasteiger partial charge in [0.25, 0.3) is 0 Å². The van der Waals surface area contributed by atoms with Gasteiger partial charge >= 0.3 is 0 Å². The summed E-state index contributed by atoms with van der Waals surface area (Å²) in [5.41, 5.74) is 0.870. The monoisotopic (exact) mass is 232 g/mol. The molecule has 0 aliphatic rings. The predicted molar refractivity (Wildman–Crippen MR) is 73.2 cm³/mol. The normalized spacial score (nSPS) is 12.7. The topological polar surface area (TPSA) is 17.1 Å². The highest BCUT2D eigenvalue weighted by molar-refractivity contribution is 5.97. The Morgan fingerprint density at radius 3 is 2.35 bits per heavy atom. The lowest BCUT2D eigenvalue weighted by molar-refractivity contribution is 0.0894. The summed E-state index contributed by atoms with van der Waals surface area (Å²) in [5, 5.41) is 0. The summed E-state index contributed by atoms with van der Waals surface area (Å²) in [5.74, 6) is 1.12. The van der Waals surface area contributed by atoms with E-state index in [1.165, 1.54) is 0 Å². The van der Waals surface area contributed by atoms with Gasteiger partial charge in [0.2, 0.25) is 0 Å². The van der Waals surface area contributed by atoms with Gasteiger partial charge in [-0.2, -0.15) is 0 Å². The van der Waals surface area contributed by atoms with Crippen molar-refractivity contribution in [2.45, 2.75) is 46.5 Å². The minimum absolute atomic E-state index is 0.206. The van der Waals surface area contributed by atoms with Crippen molar-refractivity contribution >= 4 is 5.78 Å². The van der Waals surface area contributed by atoms with Crippen LogP contribution >= 0.6 is 0 Å². The first-order valence-electron chi connectivity index (χ1n) is 6.74. The third kappa shape index (κ3) is 4.72. The van der Waals surface area contributed by atoms with Crippen molar-refractivity contribution in [1.29, 1.82) is 0 Å². The van der Waals surface area contributed by atoms with E-state index in [2.05, 4.69) is 20.8 Å². The Morgan fingerprint density at radius 1 is 1.18 bits per heavy atom. The van der Waals surface area contributed by atoms with E-state index < -0.39 is 0 Å². The summed E-state index contributed by atoms with van der Waals surface area (Å²) in [6.45, 7) is 6.56. The van der Waals surface area contributed by atoms with Gasteiger partial charge in [0.15, 0.2) is 5.78 Å². The molecule has 0 bridgehead atoms. The average molecular weight is 232 g/mol. The maximum atomic E-state index is 12.4. The molecular formula is C16H24O. The Balaban J connectivity index is 2.71. The van der Waals surface area contributed by atoms with Crippen LogP contribution in [-0.2, 0) is 0 Å². The lowest BCUT2D eigenvalue weighted by atomic mass is 9.86. The number of ketones is 1. The Labute approximate surface area is 105 Å². The molecule has 0 N–H and O–H groups in total. The first-order chi connectivity index (χ1) is 8.15. The molecule has 0 aliphatic carbocycles. The molecule has 1 aromatic carbocycles. The van der Waals surface area contributed by atoms with Crippen LogP contribution in [-0.4, -0.2) is 5.78 Å². The standard InChI is InChI=1S/C16H24O/c1-4-5-9-15(12-13(2)3)16(17)14-10-7-6-8-11-14/h6-8,10-11,13,15H,4-5,9,12H2,1-3H3. The van der Waals surface area contributed by atoms with Crippen LogP contribution in [0.15, 0.2) is 30.3 Å². The summed E-state index contributed by atoms with van der Waals surface area (Å²) in [6, 6.07) is 9.71. The van der Waals surface area contributed by atoms with Gasteiger partial charge in [-0.15, -0.1) is 0 Å². The number of benzene rings is 1. The van der Waals surface area contributed by atoms with Crippen LogP contribution in [0, 0.1) is 11.8 Å². The summed E-state index contributed by atoms with van der Waals surface area (Å²) in [6.07, 6.45) is 4.35. The maximum Gasteiger partial charge on any atom is 0.165 e. The molecule has 1 nitrogen and oxygen atoms in total. The summed E-state index contributed by atoms with van der Waals surface area (Å²) in [7, 11) is 0. The van der Waals surface area contributed by atoms with Crippen LogP contribution in [0.4, 0.5) is 0 Å². The number of Topliss-reactive ketones (excluding diaryl/α,β-unsaturated/α-hetero) is 1. The van der Waals surface area contributed by atoms with E-state index in [-0.39, 0.29) is 5.92 Å². The van der Waals surface area contributed by atoms with Crippen molar-refractivity contribution in [3.05, 3.63) is 35.9 Å². The van der Waals surface area contributed by atoms with E-state index in [1.807, 2.05) is 30.3 Å². The number of carbonyl (C=O) groups is 1. The molecule has 17 heavy (non-hydrogen) atoms. The fourth-order valence-electron chi connectivity index (χ4n) is 2.21. The molecule has 94 valence electrons. The van der Waals surface area contributed by atoms with Gasteiger partial charge in [0.05, 0.1) is 0 Å². The zero-order valence-corrected chi connectivity index (χ0v) is 11.3. The maximum absolute atomic E-state index is 12.4. The molecule has 0 saturated carbocycles. The number of hydrogen-bond donors (Lipinski definition) is 0. The van der Waals surface area contributed by atoms with Crippen molar-refractivity contribution in [1.82, 2.24) is 0 Å². The van der Waals surface area contributed by atoms with Crippen LogP contribution in [0.1, 0.15) is 56.8 Å². The molecule has 1 aromatic rings. The summed E-state index contributed by atoms with van der Waals surface area (Å²) < 4.78 is 0. The largest absolute Gasteiger partial charge is 0.294 e. The first kappa shape index (κ1) is 14.0. The third-order valence-corrected chi connectivity index (χ3v) is 3.09. The van der Waals surface area contributed by atoms with Crippen molar-refractivity contribution in [2.24, 2.45) is 11.8 Å². The van der Waals surface area contributed by atoms with Crippen molar-refractivity contribution < 1.29 is 4.79 Å². The van der Waals surface area contributed by atoms with Crippen LogP contribution in [0.3, 0.4) is 0 Å². The van der Waals surface area contributed by atoms with Crippen LogP contribution in [0.25, 0.3) is 0 Å². The third-order valence-electron chi connectivity index (χ3n) is 3.09. The number of unbranched alkanes of at least 4 members (excludes halogenated alkanes) is 1. The lowest BCUT2D eigenvalue weighted by Crippen LogP contribution is -2.17. The molecule has 0 saturated heterocycles. The molecule has 0 spiro atoms. The fraction of sp³-hybridized carbons (Fsp3) is 0.562. The zero-order valence-electron chi connectivity index (χ0n) is 11.3. The van der Waals surface area contributed by atoms with E-state index in [4.69, 9.17) is 0 Å². The van der Waals surface area contributed by atoms with Gasteiger partial charge < -0.3 is 0 Å². The van der Waals surface area contributed by atoms with E-state index in [0.29, 0.717) is 11.7 Å². The van der Waals surface area contributed by atoms with Gasteiger partial charge in [-0.1, -0.05) is 63.9 Å². The van der Waals surface area contributed by atoms with Crippen molar-refractivity contribution in [3.63, 3.8) is 0 Å². The van der Waals surface area contributed by atoms with Gasteiger partial charge in [-0.25, -0.2) is 0 Å². The quantitative estimate of drug-likeness (QED) is 0.621. The Hall–Kier alpha value is -1.11. The highest BCUT2D eigenvalue weighted by Gasteiger charge is 2.20. The van der Waals surface area contributed by atoms with Crippen molar-refractivity contribution in [3.8, 4) is 0 Å². The smallest absolute Gasteiger partial charge is 0.165 e. The number of hydrogen-bond acceptors (Lipinski definition) is 1. The lowest BCUT2D eigenvalue weighted by Gasteiger charge is -2.17. The molecule has 1 atom stereocenters. The molecule has 0 aliphatic heterocycles. The van der Waals surface area contributed by atoms with Crippen LogP contribution < -0.4 is 0 Å². The minimum Gasteiger partial charge on any atom is -0.294 e. The second kappa shape index (κ2) is 7.26. The molecule has 0 radical (unpaired) electrons. The fourth-order valence-corrected chi connectivity index (χ4v) is 2.21. The molecule has 0 aromatic heterocycles. The van der Waals surface area contributed by atoms with Crippen molar-refractivity contribution in [2.75, 3.05) is 0 Å². The SMILES string of the molecule is CCCCC(CC(C)C)C(=O)c1ccccc1. The highest BCUT2D eigenvalue weighted by Crippen LogP contribution is 2.22. The van der Waals surface area contributed by atoms with Crippen LogP contribution in [0.5, 0.6) is 0 Å². The van der Waals surface area contributed by atoms with Gasteiger partial charge in [0.1, 0.15) is 0 Å². The highest BCUT2D eigenvalue weighted by atomic mass is 16.1. The van der Waals surface area contributed by atoms with E-state index >= 15 is 0 Å². The first-order valence-corrected chi connectivity index (χ1v) is 6.74. The molecule has 0 fully saturated rings. The summed E-state index contributed by atoms with van der Waals surface area (Å²) >= 11 is 0. The second-order valence-electron chi connectivity index (χ2n) is 5.20.